The number of aromatic nitrogens is 3. The number of rotatable bonds is 6. The summed E-state index contributed by atoms with van der Waals surface area (Å²) in [4.78, 5) is 30.1. The van der Waals surface area contributed by atoms with Crippen molar-refractivity contribution in [1.82, 2.24) is 25.6 Å². The molecular formula is C26H25N5O3. The molecule has 8 nitrogen and oxygen atoms in total. The molecule has 2 amide bonds. The summed E-state index contributed by atoms with van der Waals surface area (Å²) in [7, 11) is 1.81. The highest BCUT2D eigenvalue weighted by atomic mass is 16.5. The fourth-order valence-electron chi connectivity index (χ4n) is 4.05. The summed E-state index contributed by atoms with van der Waals surface area (Å²) in [5, 5.41) is 5.10. The fourth-order valence-corrected chi connectivity index (χ4v) is 4.05. The van der Waals surface area contributed by atoms with Crippen molar-refractivity contribution < 1.29 is 14.3 Å². The van der Waals surface area contributed by atoms with Gasteiger partial charge < -0.3 is 4.74 Å². The molecule has 0 spiro atoms. The van der Waals surface area contributed by atoms with Crippen LogP contribution >= 0.6 is 0 Å². The average molecular weight is 456 g/mol. The number of hydrogen-bond acceptors (Lipinski definition) is 5. The molecule has 2 heterocycles. The van der Waals surface area contributed by atoms with Gasteiger partial charge in [0.15, 0.2) is 12.3 Å². The third kappa shape index (κ3) is 4.34. The highest BCUT2D eigenvalue weighted by molar-refractivity contribution is 6.07. The first-order valence-corrected chi connectivity index (χ1v) is 11.2. The molecule has 0 saturated heterocycles. The SMILES string of the molecule is Cc1nn(C)c2nc(C3CC3)cc(C(=O)NNC(=O)COc3ccccc3-c3ccccc3)c12. The zero-order valence-corrected chi connectivity index (χ0v) is 19.0. The minimum Gasteiger partial charge on any atom is -0.483 e. The van der Waals surface area contributed by atoms with E-state index in [4.69, 9.17) is 9.72 Å². The van der Waals surface area contributed by atoms with Gasteiger partial charge in [-0.15, -0.1) is 0 Å². The van der Waals surface area contributed by atoms with Crippen LogP contribution in [0.5, 0.6) is 5.75 Å². The van der Waals surface area contributed by atoms with E-state index in [0.717, 1.165) is 29.7 Å². The topological polar surface area (TPSA) is 98.1 Å². The second-order valence-corrected chi connectivity index (χ2v) is 8.43. The van der Waals surface area contributed by atoms with E-state index in [2.05, 4.69) is 16.0 Å². The van der Waals surface area contributed by atoms with Crippen LogP contribution in [0.1, 0.15) is 40.5 Å². The van der Waals surface area contributed by atoms with Crippen LogP contribution in [0.25, 0.3) is 22.2 Å². The second-order valence-electron chi connectivity index (χ2n) is 8.43. The number of carbonyl (C=O) groups excluding carboxylic acids is 2. The summed E-state index contributed by atoms with van der Waals surface area (Å²) in [6.45, 7) is 1.60. The summed E-state index contributed by atoms with van der Waals surface area (Å²) in [6.07, 6.45) is 2.13. The maximum absolute atomic E-state index is 13.0. The van der Waals surface area contributed by atoms with Gasteiger partial charge in [0.1, 0.15) is 5.75 Å². The monoisotopic (exact) mass is 455 g/mol. The third-order valence-electron chi connectivity index (χ3n) is 5.87. The molecule has 0 unspecified atom stereocenters. The van der Waals surface area contributed by atoms with Crippen LogP contribution in [0.3, 0.4) is 0 Å². The van der Waals surface area contributed by atoms with Crippen molar-refractivity contribution in [3.63, 3.8) is 0 Å². The lowest BCUT2D eigenvalue weighted by Crippen LogP contribution is -2.44. The Morgan fingerprint density at radius 3 is 2.56 bits per heavy atom. The van der Waals surface area contributed by atoms with Gasteiger partial charge in [0, 0.05) is 24.2 Å². The first-order valence-electron chi connectivity index (χ1n) is 11.2. The van der Waals surface area contributed by atoms with Crippen molar-refractivity contribution in [2.24, 2.45) is 7.05 Å². The van der Waals surface area contributed by atoms with Gasteiger partial charge in [-0.25, -0.2) is 4.98 Å². The van der Waals surface area contributed by atoms with Gasteiger partial charge in [0.05, 0.1) is 16.6 Å². The van der Waals surface area contributed by atoms with E-state index in [1.807, 2.05) is 74.6 Å². The maximum atomic E-state index is 13.0. The number of ether oxygens (including phenoxy) is 1. The molecule has 0 atom stereocenters. The highest BCUT2D eigenvalue weighted by Gasteiger charge is 2.28. The number of aryl methyl sites for hydroxylation is 2. The van der Waals surface area contributed by atoms with Crippen molar-refractivity contribution >= 4 is 22.8 Å². The van der Waals surface area contributed by atoms with Crippen LogP contribution in [0.2, 0.25) is 0 Å². The number of benzene rings is 2. The Labute approximate surface area is 196 Å². The molecule has 1 aliphatic carbocycles. The van der Waals surface area contributed by atoms with Crippen LogP contribution < -0.4 is 15.6 Å². The van der Waals surface area contributed by atoms with E-state index in [-0.39, 0.29) is 6.61 Å². The predicted molar refractivity (Wildman–Crippen MR) is 128 cm³/mol. The Bertz CT molecular complexity index is 1380. The van der Waals surface area contributed by atoms with Gasteiger partial charge >= 0.3 is 0 Å². The van der Waals surface area contributed by atoms with Crippen LogP contribution in [0, 0.1) is 6.92 Å². The lowest BCUT2D eigenvalue weighted by molar-refractivity contribution is -0.123. The molecule has 172 valence electrons. The molecule has 2 aromatic heterocycles. The van der Waals surface area contributed by atoms with Gasteiger partial charge in [-0.05, 0) is 37.5 Å². The first kappa shape index (κ1) is 21.6. The van der Waals surface area contributed by atoms with Crippen molar-refractivity contribution in [2.45, 2.75) is 25.7 Å². The van der Waals surface area contributed by atoms with E-state index in [9.17, 15) is 9.59 Å². The first-order chi connectivity index (χ1) is 16.5. The highest BCUT2D eigenvalue weighted by Crippen LogP contribution is 2.40. The number of para-hydroxylation sites is 1. The maximum Gasteiger partial charge on any atom is 0.276 e. The average Bonchev–Trinajstić information content (AvgIpc) is 3.67. The minimum absolute atomic E-state index is 0.241. The number of pyridine rings is 1. The Hall–Kier alpha value is -4.20. The van der Waals surface area contributed by atoms with Crippen LogP contribution in [0.4, 0.5) is 0 Å². The molecule has 1 aliphatic rings. The zero-order chi connectivity index (χ0) is 23.7. The lowest BCUT2D eigenvalue weighted by atomic mass is 10.1. The summed E-state index contributed by atoms with van der Waals surface area (Å²) in [5.74, 6) is 0.0835. The Morgan fingerprint density at radius 1 is 1.06 bits per heavy atom. The normalized spacial score (nSPS) is 13.0. The summed E-state index contributed by atoms with van der Waals surface area (Å²) < 4.78 is 7.44. The standard InChI is InChI=1S/C26H25N5O3/c1-16-24-20(14-21(18-12-13-18)27-25(24)31(2)30-16)26(33)29-28-23(32)15-34-22-11-7-6-10-19(22)17-8-4-3-5-9-17/h3-11,14,18H,12-13,15H2,1-2H3,(H,28,32)(H,29,33). The summed E-state index contributed by atoms with van der Waals surface area (Å²) in [5.41, 5.74) is 9.56. The van der Waals surface area contributed by atoms with E-state index in [1.165, 1.54) is 0 Å². The number of nitrogens with zero attached hydrogens (tertiary/aromatic N) is 3. The molecular weight excluding hydrogens is 430 g/mol. The molecule has 1 saturated carbocycles. The van der Waals surface area contributed by atoms with E-state index in [0.29, 0.717) is 34.0 Å². The fraction of sp³-hybridized carbons (Fsp3) is 0.231. The number of hydrazine groups is 1. The largest absolute Gasteiger partial charge is 0.483 e. The molecule has 1 fully saturated rings. The number of nitrogens with one attached hydrogen (secondary N) is 2. The Balaban J connectivity index is 1.27. The summed E-state index contributed by atoms with van der Waals surface area (Å²) in [6, 6.07) is 19.1. The molecule has 4 aromatic rings. The third-order valence-corrected chi connectivity index (χ3v) is 5.87. The van der Waals surface area contributed by atoms with Crippen molar-refractivity contribution in [2.75, 3.05) is 6.61 Å². The van der Waals surface area contributed by atoms with E-state index in [1.54, 1.807) is 4.68 Å². The van der Waals surface area contributed by atoms with Gasteiger partial charge in [0.2, 0.25) is 0 Å². The smallest absolute Gasteiger partial charge is 0.276 e. The molecule has 0 bridgehead atoms. The number of carbonyl (C=O) groups is 2. The summed E-state index contributed by atoms with van der Waals surface area (Å²) >= 11 is 0. The number of fused-ring (bicyclic) bond motifs is 1. The van der Waals surface area contributed by atoms with Crippen molar-refractivity contribution in [1.29, 1.82) is 0 Å². The minimum atomic E-state index is -0.466. The second kappa shape index (κ2) is 8.97. The molecule has 8 heteroatoms. The van der Waals surface area contributed by atoms with Crippen LogP contribution in [-0.2, 0) is 11.8 Å². The van der Waals surface area contributed by atoms with E-state index < -0.39 is 11.8 Å². The molecule has 2 N–H and O–H groups in total. The molecule has 34 heavy (non-hydrogen) atoms. The molecule has 0 radical (unpaired) electrons. The Kier molecular flexibility index (Phi) is 5.71. The lowest BCUT2D eigenvalue weighted by Gasteiger charge is -2.13. The van der Waals surface area contributed by atoms with Gasteiger partial charge in [0.25, 0.3) is 11.8 Å². The predicted octanol–water partition coefficient (Wildman–Crippen LogP) is 3.66. The van der Waals surface area contributed by atoms with Gasteiger partial charge in [-0.3, -0.25) is 25.1 Å². The van der Waals surface area contributed by atoms with Gasteiger partial charge in [-0.1, -0.05) is 48.5 Å². The van der Waals surface area contributed by atoms with Crippen LogP contribution in [0.15, 0.2) is 60.7 Å². The van der Waals surface area contributed by atoms with E-state index >= 15 is 0 Å². The number of hydrogen-bond donors (Lipinski definition) is 2. The van der Waals surface area contributed by atoms with Crippen molar-refractivity contribution in [3.8, 4) is 16.9 Å². The van der Waals surface area contributed by atoms with Crippen LogP contribution in [-0.4, -0.2) is 33.2 Å². The van der Waals surface area contributed by atoms with Crippen molar-refractivity contribution in [3.05, 3.63) is 77.6 Å². The molecule has 2 aromatic carbocycles. The molecule has 5 rings (SSSR count). The quantitative estimate of drug-likeness (QED) is 0.433. The van der Waals surface area contributed by atoms with Gasteiger partial charge in [-0.2, -0.15) is 5.10 Å². The Morgan fingerprint density at radius 2 is 1.79 bits per heavy atom. The zero-order valence-electron chi connectivity index (χ0n) is 19.0. The molecule has 0 aliphatic heterocycles. The number of amides is 2.